The second-order valence-corrected chi connectivity index (χ2v) is 5.85. The maximum Gasteiger partial charge on any atom is 0.142 e. The number of hydrogen-bond acceptors (Lipinski definition) is 3. The van der Waals surface area contributed by atoms with Crippen LogP contribution >= 0.6 is 0 Å². The fourth-order valence-electron chi connectivity index (χ4n) is 2.47. The number of benzene rings is 1. The molecule has 1 aromatic carbocycles. The molecule has 0 radical (unpaired) electrons. The molecule has 0 aliphatic rings. The predicted octanol–water partition coefficient (Wildman–Crippen LogP) is 4.51. The topological polar surface area (TPSA) is 61.3 Å². The van der Waals surface area contributed by atoms with E-state index in [1.807, 2.05) is 24.3 Å². The molecule has 21 heavy (non-hydrogen) atoms. The monoisotopic (exact) mass is 292 g/mol. The minimum absolute atomic E-state index is 0.313. The van der Waals surface area contributed by atoms with Gasteiger partial charge in [-0.15, -0.1) is 0 Å². The Morgan fingerprint density at radius 1 is 0.952 bits per heavy atom. The van der Waals surface area contributed by atoms with Crippen molar-refractivity contribution in [1.82, 2.24) is 0 Å². The van der Waals surface area contributed by atoms with Gasteiger partial charge in [-0.2, -0.15) is 0 Å². The summed E-state index contributed by atoms with van der Waals surface area (Å²) in [5, 5.41) is 0. The molecule has 120 valence electrons. The zero-order valence-corrected chi connectivity index (χ0v) is 13.5. The van der Waals surface area contributed by atoms with Crippen LogP contribution in [-0.2, 0) is 0 Å². The van der Waals surface area contributed by atoms with Crippen LogP contribution in [0.1, 0.15) is 64.7 Å². The lowest BCUT2D eigenvalue weighted by atomic mass is 10.0. The van der Waals surface area contributed by atoms with Crippen molar-refractivity contribution in [3.63, 3.8) is 0 Å². The van der Waals surface area contributed by atoms with E-state index in [-0.39, 0.29) is 0 Å². The maximum absolute atomic E-state index is 6.14. The van der Waals surface area contributed by atoms with Gasteiger partial charge in [0, 0.05) is 6.04 Å². The van der Waals surface area contributed by atoms with Crippen molar-refractivity contribution in [1.29, 1.82) is 0 Å². The molecule has 0 aliphatic heterocycles. The average molecular weight is 292 g/mol. The van der Waals surface area contributed by atoms with Gasteiger partial charge in [-0.3, -0.25) is 0 Å². The second kappa shape index (κ2) is 11.4. The molecule has 0 saturated heterocycles. The number of nitrogen functional groups attached to an aromatic ring is 1. The summed E-state index contributed by atoms with van der Waals surface area (Å²) in [6.07, 6.45) is 11.2. The highest BCUT2D eigenvalue weighted by atomic mass is 16.5. The van der Waals surface area contributed by atoms with Gasteiger partial charge >= 0.3 is 0 Å². The van der Waals surface area contributed by atoms with Crippen molar-refractivity contribution < 1.29 is 4.74 Å². The van der Waals surface area contributed by atoms with E-state index in [9.17, 15) is 0 Å². The second-order valence-electron chi connectivity index (χ2n) is 5.85. The Morgan fingerprint density at radius 3 is 2.38 bits per heavy atom. The molecule has 0 amide bonds. The molecule has 1 aromatic rings. The minimum Gasteiger partial charge on any atom is -0.491 e. The number of hydrogen-bond donors (Lipinski definition) is 2. The summed E-state index contributed by atoms with van der Waals surface area (Å²) in [7, 11) is 0. The van der Waals surface area contributed by atoms with E-state index in [0.29, 0.717) is 18.3 Å². The van der Waals surface area contributed by atoms with E-state index < -0.39 is 0 Å². The summed E-state index contributed by atoms with van der Waals surface area (Å²) < 4.78 is 5.68. The molecule has 0 aliphatic carbocycles. The Morgan fingerprint density at radius 2 is 1.62 bits per heavy atom. The summed E-state index contributed by atoms with van der Waals surface area (Å²) in [6, 6.07) is 7.94. The molecule has 3 nitrogen and oxygen atoms in total. The van der Waals surface area contributed by atoms with Crippen LogP contribution in [0.2, 0.25) is 0 Å². The third-order valence-electron chi connectivity index (χ3n) is 3.82. The van der Waals surface area contributed by atoms with Crippen molar-refractivity contribution in [2.45, 2.75) is 70.8 Å². The minimum atomic E-state index is 0.313. The van der Waals surface area contributed by atoms with Crippen molar-refractivity contribution in [2.24, 2.45) is 5.73 Å². The Hall–Kier alpha value is -1.22. The SMILES string of the molecule is CCCCCCCCC(N)CCCOc1ccccc1N. The Bertz CT molecular complexity index is 368. The number of unbranched alkanes of at least 4 members (excludes halogenated alkanes) is 5. The van der Waals surface area contributed by atoms with Gasteiger partial charge in [0.15, 0.2) is 0 Å². The van der Waals surface area contributed by atoms with Crippen LogP contribution in [0.3, 0.4) is 0 Å². The van der Waals surface area contributed by atoms with Crippen LogP contribution in [0.25, 0.3) is 0 Å². The third kappa shape index (κ3) is 8.61. The van der Waals surface area contributed by atoms with Crippen LogP contribution in [0.5, 0.6) is 5.75 Å². The predicted molar refractivity (Wildman–Crippen MR) is 91.6 cm³/mol. The normalized spacial score (nSPS) is 12.3. The van der Waals surface area contributed by atoms with E-state index in [4.69, 9.17) is 16.2 Å². The smallest absolute Gasteiger partial charge is 0.142 e. The van der Waals surface area contributed by atoms with Gasteiger partial charge in [-0.05, 0) is 31.4 Å². The molecule has 0 aromatic heterocycles. The Kier molecular flexibility index (Phi) is 9.71. The van der Waals surface area contributed by atoms with Crippen LogP contribution in [0, 0.1) is 0 Å². The van der Waals surface area contributed by atoms with Crippen LogP contribution in [0.15, 0.2) is 24.3 Å². The highest BCUT2D eigenvalue weighted by Crippen LogP contribution is 2.20. The molecule has 3 heteroatoms. The van der Waals surface area contributed by atoms with Crippen molar-refractivity contribution >= 4 is 5.69 Å². The number of para-hydroxylation sites is 2. The first-order valence-electron chi connectivity index (χ1n) is 8.47. The summed E-state index contributed by atoms with van der Waals surface area (Å²) in [4.78, 5) is 0. The zero-order valence-electron chi connectivity index (χ0n) is 13.5. The van der Waals surface area contributed by atoms with Gasteiger partial charge in [0.2, 0.25) is 0 Å². The number of rotatable bonds is 12. The van der Waals surface area contributed by atoms with Gasteiger partial charge in [0.1, 0.15) is 5.75 Å². The van der Waals surface area contributed by atoms with Gasteiger partial charge in [-0.1, -0.05) is 57.6 Å². The number of ether oxygens (including phenoxy) is 1. The highest BCUT2D eigenvalue weighted by Gasteiger charge is 2.03. The fraction of sp³-hybridized carbons (Fsp3) is 0.667. The first kappa shape index (κ1) is 17.8. The molecule has 0 bridgehead atoms. The van der Waals surface area contributed by atoms with Crippen molar-refractivity contribution in [2.75, 3.05) is 12.3 Å². The number of anilines is 1. The molecule has 0 fully saturated rings. The van der Waals surface area contributed by atoms with Crippen LogP contribution < -0.4 is 16.2 Å². The zero-order chi connectivity index (χ0) is 15.3. The van der Waals surface area contributed by atoms with E-state index in [2.05, 4.69) is 6.92 Å². The van der Waals surface area contributed by atoms with E-state index in [1.54, 1.807) is 0 Å². The molecule has 0 spiro atoms. The standard InChI is InChI=1S/C18H32N2O/c1-2-3-4-5-6-7-11-16(19)12-10-15-21-18-14-9-8-13-17(18)20/h8-9,13-14,16H,2-7,10-12,15,19-20H2,1H3. The quantitative estimate of drug-likeness (QED) is 0.440. The molecule has 0 heterocycles. The van der Waals surface area contributed by atoms with Crippen LogP contribution in [-0.4, -0.2) is 12.6 Å². The molecule has 1 rings (SSSR count). The van der Waals surface area contributed by atoms with E-state index >= 15 is 0 Å². The van der Waals surface area contributed by atoms with Gasteiger partial charge in [-0.25, -0.2) is 0 Å². The molecular formula is C18H32N2O. The molecule has 1 atom stereocenters. The molecule has 4 N–H and O–H groups in total. The summed E-state index contributed by atoms with van der Waals surface area (Å²) in [5.74, 6) is 0.780. The maximum atomic E-state index is 6.14. The lowest BCUT2D eigenvalue weighted by Crippen LogP contribution is -2.20. The van der Waals surface area contributed by atoms with E-state index in [1.165, 1.54) is 38.5 Å². The number of nitrogens with two attached hydrogens (primary N) is 2. The average Bonchev–Trinajstić information content (AvgIpc) is 2.49. The van der Waals surface area contributed by atoms with Crippen LogP contribution in [0.4, 0.5) is 5.69 Å². The lowest BCUT2D eigenvalue weighted by molar-refractivity contribution is 0.300. The van der Waals surface area contributed by atoms with Gasteiger partial charge in [0.25, 0.3) is 0 Å². The summed E-state index contributed by atoms with van der Waals surface area (Å²) in [6.45, 7) is 2.94. The molecule has 0 saturated carbocycles. The summed E-state index contributed by atoms with van der Waals surface area (Å²) in [5.41, 5.74) is 12.7. The first-order chi connectivity index (χ1) is 10.2. The Balaban J connectivity index is 1.98. The first-order valence-corrected chi connectivity index (χ1v) is 8.47. The Labute approximate surface area is 130 Å². The van der Waals surface area contributed by atoms with Crippen molar-refractivity contribution in [3.05, 3.63) is 24.3 Å². The van der Waals surface area contributed by atoms with Gasteiger partial charge < -0.3 is 16.2 Å². The van der Waals surface area contributed by atoms with Gasteiger partial charge in [0.05, 0.1) is 12.3 Å². The third-order valence-corrected chi connectivity index (χ3v) is 3.82. The summed E-state index contributed by atoms with van der Waals surface area (Å²) >= 11 is 0. The molecule has 1 unspecified atom stereocenters. The fourth-order valence-corrected chi connectivity index (χ4v) is 2.47. The van der Waals surface area contributed by atoms with E-state index in [0.717, 1.165) is 25.0 Å². The van der Waals surface area contributed by atoms with Crippen molar-refractivity contribution in [3.8, 4) is 5.75 Å². The lowest BCUT2D eigenvalue weighted by Gasteiger charge is -2.12. The largest absolute Gasteiger partial charge is 0.491 e. The molecular weight excluding hydrogens is 260 g/mol. The highest BCUT2D eigenvalue weighted by molar-refractivity contribution is 5.51.